The maximum atomic E-state index is 9.55. The van der Waals surface area contributed by atoms with E-state index in [0.29, 0.717) is 12.2 Å². The second-order valence-electron chi connectivity index (χ2n) is 1.01. The van der Waals surface area contributed by atoms with Crippen LogP contribution < -0.4 is 0 Å². The Morgan fingerprint density at radius 1 is 1.00 bits per heavy atom. The molecule has 0 aromatic heterocycles. The predicted molar refractivity (Wildman–Crippen MR) is 35.2 cm³/mol. The molecule has 0 atom stereocenters. The number of hydrogen-bond donors (Lipinski definition) is 2. The van der Waals surface area contributed by atoms with E-state index >= 15 is 0 Å². The number of carbonyl (C=O) groups is 2. The van der Waals surface area contributed by atoms with Gasteiger partial charge in [0.2, 0.25) is 0 Å². The van der Waals surface area contributed by atoms with Gasteiger partial charge in [0.1, 0.15) is 0 Å². The molecular weight excluding hydrogens is 151 g/mol. The molecule has 0 aromatic carbocycles. The average Bonchev–Trinajstić information content (AvgIpc) is 1.61. The van der Waals surface area contributed by atoms with Crippen LogP contribution in [0.1, 0.15) is 0 Å². The van der Waals surface area contributed by atoms with Crippen LogP contribution in [0.25, 0.3) is 0 Å². The third-order valence-corrected chi connectivity index (χ3v) is 0.368. The number of carboxylic acid groups (broad SMARTS) is 2. The molecule has 6 heteroatoms. The van der Waals surface area contributed by atoms with Gasteiger partial charge in [-0.05, 0) is 0 Å². The van der Waals surface area contributed by atoms with Gasteiger partial charge >= 0.3 is 41.5 Å². The monoisotopic (exact) mass is 158 g/mol. The molecule has 4 N–H and O–H groups in total. The molecule has 0 heterocycles. The van der Waals surface area contributed by atoms with Crippen LogP contribution in [0.4, 0.5) is 0 Å². The zero-order valence-electron chi connectivity index (χ0n) is 4.37. The first-order valence-corrected chi connectivity index (χ1v) is 1.77. The summed E-state index contributed by atoms with van der Waals surface area (Å²) < 4.78 is 0. The zero-order valence-corrected chi connectivity index (χ0v) is 4.37. The summed E-state index contributed by atoms with van der Waals surface area (Å²) in [5, 5.41) is 15.6. The fourth-order valence-corrected chi connectivity index (χ4v) is 0.143. The Morgan fingerprint density at radius 3 is 1.30 bits per heavy atom. The normalized spacial score (nSPS) is 7.60. The molecule has 5 nitrogen and oxygen atoms in total. The summed E-state index contributed by atoms with van der Waals surface area (Å²) in [5.74, 6) is -2.51. The Hall–Kier alpha value is -0.360. The van der Waals surface area contributed by atoms with Crippen molar-refractivity contribution < 1.29 is 25.3 Å². The molecule has 54 valence electrons. The van der Waals surface area contributed by atoms with E-state index in [9.17, 15) is 9.59 Å². The average molecular weight is 158 g/mol. The van der Waals surface area contributed by atoms with Crippen molar-refractivity contribution in [3.8, 4) is 0 Å². The molecule has 0 saturated heterocycles. The fourth-order valence-electron chi connectivity index (χ4n) is 0.143. The van der Waals surface area contributed by atoms with Crippen molar-refractivity contribution in [1.82, 2.24) is 0 Å². The fraction of sp³-hybridized carbons (Fsp3) is 0. The van der Waals surface area contributed by atoms with Gasteiger partial charge in [0.25, 0.3) is 0 Å². The molecular formula is C4H7NaO5. The first kappa shape index (κ1) is 16.3. The van der Waals surface area contributed by atoms with Crippen molar-refractivity contribution in [2.24, 2.45) is 0 Å². The minimum atomic E-state index is -1.26. The molecule has 0 aromatic rings. The van der Waals surface area contributed by atoms with Crippen molar-refractivity contribution in [1.29, 1.82) is 0 Å². The van der Waals surface area contributed by atoms with Gasteiger partial charge in [-0.2, -0.15) is 0 Å². The molecule has 0 radical (unpaired) electrons. The van der Waals surface area contributed by atoms with Crippen molar-refractivity contribution in [3.05, 3.63) is 12.2 Å². The van der Waals surface area contributed by atoms with E-state index in [1.54, 1.807) is 0 Å². The van der Waals surface area contributed by atoms with E-state index in [0.717, 1.165) is 0 Å². The van der Waals surface area contributed by atoms with Crippen LogP contribution in [0.3, 0.4) is 0 Å². The quantitative estimate of drug-likeness (QED) is 0.366. The summed E-state index contributed by atoms with van der Waals surface area (Å²) >= 11 is 0. The summed E-state index contributed by atoms with van der Waals surface area (Å²) in [5.41, 5.74) is 0. The number of rotatable bonds is 2. The SMILES string of the molecule is O.O=C(O)C=CC(=O)O.[NaH]. The molecule has 0 amide bonds. The summed E-state index contributed by atoms with van der Waals surface area (Å²) in [6.45, 7) is 0. The van der Waals surface area contributed by atoms with Crippen molar-refractivity contribution in [2.75, 3.05) is 0 Å². The second kappa shape index (κ2) is 8.64. The second-order valence-corrected chi connectivity index (χ2v) is 1.01. The molecule has 0 spiro atoms. The topological polar surface area (TPSA) is 106 Å². The van der Waals surface area contributed by atoms with E-state index in [1.807, 2.05) is 0 Å². The number of hydrogen-bond acceptors (Lipinski definition) is 2. The Morgan fingerprint density at radius 2 is 1.20 bits per heavy atom. The molecule has 10 heavy (non-hydrogen) atoms. The number of aliphatic carboxylic acids is 2. The van der Waals surface area contributed by atoms with E-state index in [-0.39, 0.29) is 35.0 Å². The molecule has 0 unspecified atom stereocenters. The van der Waals surface area contributed by atoms with Crippen LogP contribution in [0, 0.1) is 0 Å². The summed E-state index contributed by atoms with van der Waals surface area (Å²) in [4.78, 5) is 19.1. The molecule has 0 bridgehead atoms. The minimum absolute atomic E-state index is 0. The van der Waals surface area contributed by atoms with E-state index < -0.39 is 11.9 Å². The van der Waals surface area contributed by atoms with Gasteiger partial charge in [-0.15, -0.1) is 0 Å². The molecule has 0 aliphatic heterocycles. The summed E-state index contributed by atoms with van der Waals surface area (Å²) in [6, 6.07) is 0. The Kier molecular flexibility index (Phi) is 14.1. The van der Waals surface area contributed by atoms with Crippen LogP contribution in [-0.4, -0.2) is 57.2 Å². The third-order valence-electron chi connectivity index (χ3n) is 0.368. The summed E-state index contributed by atoms with van der Waals surface area (Å²) in [7, 11) is 0. The van der Waals surface area contributed by atoms with Gasteiger partial charge in [-0.1, -0.05) is 0 Å². The van der Waals surface area contributed by atoms with E-state index in [1.165, 1.54) is 0 Å². The zero-order chi connectivity index (χ0) is 6.57. The van der Waals surface area contributed by atoms with Gasteiger partial charge in [0.15, 0.2) is 0 Å². The van der Waals surface area contributed by atoms with Crippen LogP contribution in [-0.2, 0) is 9.59 Å². The maximum absolute atomic E-state index is 9.55. The van der Waals surface area contributed by atoms with Crippen LogP contribution in [0.5, 0.6) is 0 Å². The first-order valence-electron chi connectivity index (χ1n) is 1.77. The van der Waals surface area contributed by atoms with Crippen LogP contribution in [0.2, 0.25) is 0 Å². The Balaban J connectivity index is -0.000000245. The van der Waals surface area contributed by atoms with Crippen molar-refractivity contribution in [3.63, 3.8) is 0 Å². The van der Waals surface area contributed by atoms with Gasteiger partial charge in [0.05, 0.1) is 0 Å². The van der Waals surface area contributed by atoms with Gasteiger partial charge < -0.3 is 15.7 Å². The van der Waals surface area contributed by atoms with Crippen molar-refractivity contribution in [2.45, 2.75) is 0 Å². The number of carboxylic acids is 2. The molecule has 0 saturated carbocycles. The van der Waals surface area contributed by atoms with Gasteiger partial charge in [-0.25, -0.2) is 9.59 Å². The Labute approximate surface area is 79.0 Å². The summed E-state index contributed by atoms with van der Waals surface area (Å²) in [6.07, 6.45) is 1.12. The van der Waals surface area contributed by atoms with E-state index in [4.69, 9.17) is 10.2 Å². The molecule has 0 aliphatic carbocycles. The van der Waals surface area contributed by atoms with Crippen LogP contribution >= 0.6 is 0 Å². The first-order chi connectivity index (χ1) is 3.63. The van der Waals surface area contributed by atoms with Crippen LogP contribution in [0.15, 0.2) is 12.2 Å². The van der Waals surface area contributed by atoms with Gasteiger partial charge in [-0.3, -0.25) is 0 Å². The Bertz CT molecular complexity index is 125. The molecule has 0 aliphatic rings. The molecule has 0 fully saturated rings. The molecule has 0 rings (SSSR count). The standard InChI is InChI=1S/C4H4O4.Na.H2O.H/c5-3(6)1-2-4(7)8;;;/h1-2H,(H,5,6)(H,7,8);;1H2;. The van der Waals surface area contributed by atoms with Gasteiger partial charge in [0, 0.05) is 12.2 Å². The third kappa shape index (κ3) is 15.6. The van der Waals surface area contributed by atoms with Crippen molar-refractivity contribution >= 4 is 41.5 Å². The predicted octanol–water partition coefficient (Wildman–Crippen LogP) is -1.76. The van der Waals surface area contributed by atoms with E-state index in [2.05, 4.69) is 0 Å².